The van der Waals surface area contributed by atoms with Crippen molar-refractivity contribution >= 4 is 5.91 Å². The van der Waals surface area contributed by atoms with Crippen molar-refractivity contribution in [1.29, 1.82) is 0 Å². The molecule has 0 spiro atoms. The lowest BCUT2D eigenvalue weighted by Gasteiger charge is -2.14. The summed E-state index contributed by atoms with van der Waals surface area (Å²) in [7, 11) is 0. The lowest BCUT2D eigenvalue weighted by atomic mass is 10.1. The molecular weight excluding hydrogens is 268 g/mol. The smallest absolute Gasteiger partial charge is 0.272 e. The van der Waals surface area contributed by atoms with Crippen molar-refractivity contribution in [3.8, 4) is 0 Å². The third-order valence-corrected chi connectivity index (χ3v) is 3.66. The molecule has 0 bridgehead atoms. The molecule has 1 aromatic heterocycles. The Kier molecular flexibility index (Phi) is 3.98. The number of carbonyl (C=O) groups excluding carboxylic acids is 1. The van der Waals surface area contributed by atoms with Gasteiger partial charge in [0.15, 0.2) is 5.69 Å². The summed E-state index contributed by atoms with van der Waals surface area (Å²) in [5.41, 5.74) is 3.14. The van der Waals surface area contributed by atoms with E-state index in [9.17, 15) is 9.90 Å². The average Bonchev–Trinajstić information content (AvgIpc) is 2.97. The lowest BCUT2D eigenvalue weighted by molar-refractivity contribution is 0.0910. The summed E-state index contributed by atoms with van der Waals surface area (Å²) in [6.07, 6.45) is 0.130. The number of hydrogen-bond acceptors (Lipinski definition) is 4. The quantitative estimate of drug-likeness (QED) is 0.659. The number of amides is 1. The molecular formula is C15H18N4O2. The van der Waals surface area contributed by atoms with Gasteiger partial charge in [0.1, 0.15) is 0 Å². The summed E-state index contributed by atoms with van der Waals surface area (Å²) in [4.78, 5) is 12.2. The number of aliphatic hydroxyl groups is 1. The Labute approximate surface area is 122 Å². The summed E-state index contributed by atoms with van der Waals surface area (Å²) in [6.45, 7) is 1.71. The predicted octanol–water partition coefficient (Wildman–Crippen LogP) is 0.519. The van der Waals surface area contributed by atoms with Crippen LogP contribution in [-0.4, -0.2) is 34.3 Å². The van der Waals surface area contributed by atoms with E-state index in [4.69, 9.17) is 0 Å². The minimum atomic E-state index is -0.719. The minimum Gasteiger partial charge on any atom is -0.387 e. The van der Waals surface area contributed by atoms with E-state index in [1.165, 1.54) is 0 Å². The summed E-state index contributed by atoms with van der Waals surface area (Å²) >= 11 is 0. The molecule has 0 fully saturated rings. The van der Waals surface area contributed by atoms with E-state index < -0.39 is 6.10 Å². The lowest BCUT2D eigenvalue weighted by Crippen LogP contribution is -2.31. The maximum atomic E-state index is 12.2. The van der Waals surface area contributed by atoms with Gasteiger partial charge in [-0.25, -0.2) is 0 Å². The molecule has 0 radical (unpaired) electrons. The van der Waals surface area contributed by atoms with Gasteiger partial charge in [-0.1, -0.05) is 30.3 Å². The first-order valence-corrected chi connectivity index (χ1v) is 7.03. The number of carbonyl (C=O) groups is 1. The first-order chi connectivity index (χ1) is 10.3. The van der Waals surface area contributed by atoms with Crippen LogP contribution in [0, 0.1) is 0 Å². The largest absolute Gasteiger partial charge is 0.387 e. The van der Waals surface area contributed by atoms with E-state index in [0.717, 1.165) is 29.8 Å². The number of nitrogens with one attached hydrogen (secondary N) is 3. The number of hydrogen-bond donors (Lipinski definition) is 4. The fourth-order valence-corrected chi connectivity index (χ4v) is 2.48. The van der Waals surface area contributed by atoms with Gasteiger partial charge in [-0.2, -0.15) is 5.10 Å². The van der Waals surface area contributed by atoms with Gasteiger partial charge < -0.3 is 15.7 Å². The number of H-pyrrole nitrogens is 1. The zero-order chi connectivity index (χ0) is 14.7. The van der Waals surface area contributed by atoms with Gasteiger partial charge in [0.25, 0.3) is 5.91 Å². The van der Waals surface area contributed by atoms with Crippen molar-refractivity contribution in [2.45, 2.75) is 19.1 Å². The first kappa shape index (κ1) is 13.8. The maximum Gasteiger partial charge on any atom is 0.272 e. The molecule has 1 aliphatic rings. The number of rotatable bonds is 4. The van der Waals surface area contributed by atoms with Crippen LogP contribution < -0.4 is 10.6 Å². The van der Waals surface area contributed by atoms with E-state index in [2.05, 4.69) is 20.8 Å². The highest BCUT2D eigenvalue weighted by molar-refractivity contribution is 5.94. The van der Waals surface area contributed by atoms with Crippen LogP contribution in [0.1, 0.15) is 33.4 Å². The molecule has 0 saturated heterocycles. The summed E-state index contributed by atoms with van der Waals surface area (Å²) in [5.74, 6) is -0.258. The molecule has 21 heavy (non-hydrogen) atoms. The Morgan fingerprint density at radius 3 is 3.00 bits per heavy atom. The van der Waals surface area contributed by atoms with Gasteiger partial charge >= 0.3 is 0 Å². The molecule has 6 nitrogen and oxygen atoms in total. The summed E-state index contributed by atoms with van der Waals surface area (Å²) in [6, 6.07) is 9.26. The van der Waals surface area contributed by atoms with Crippen molar-refractivity contribution in [2.75, 3.05) is 13.1 Å². The van der Waals surface area contributed by atoms with Crippen LogP contribution in [0.15, 0.2) is 30.3 Å². The van der Waals surface area contributed by atoms with E-state index in [1.54, 1.807) is 0 Å². The van der Waals surface area contributed by atoms with Crippen molar-refractivity contribution in [3.05, 3.63) is 52.8 Å². The molecule has 2 aromatic rings. The van der Waals surface area contributed by atoms with Gasteiger partial charge in [-0.15, -0.1) is 0 Å². The van der Waals surface area contributed by atoms with Gasteiger partial charge in [-0.3, -0.25) is 9.89 Å². The number of fused-ring (bicyclic) bond motifs is 1. The normalized spacial score (nSPS) is 15.3. The van der Waals surface area contributed by atoms with Crippen LogP contribution in [0.3, 0.4) is 0 Å². The number of aromatic amines is 1. The van der Waals surface area contributed by atoms with Crippen LogP contribution in [0.25, 0.3) is 0 Å². The molecule has 3 rings (SSSR count). The summed E-state index contributed by atoms with van der Waals surface area (Å²) in [5, 5.41) is 23.0. The average molecular weight is 286 g/mol. The van der Waals surface area contributed by atoms with Crippen LogP contribution >= 0.6 is 0 Å². The molecule has 1 aliphatic heterocycles. The van der Waals surface area contributed by atoms with Crippen LogP contribution in [0.5, 0.6) is 0 Å². The van der Waals surface area contributed by atoms with Crippen LogP contribution in [0.2, 0.25) is 0 Å². The monoisotopic (exact) mass is 286 g/mol. The molecule has 4 N–H and O–H groups in total. The van der Waals surface area contributed by atoms with Crippen molar-refractivity contribution < 1.29 is 9.90 Å². The number of benzene rings is 1. The molecule has 1 atom stereocenters. The van der Waals surface area contributed by atoms with E-state index in [0.29, 0.717) is 12.2 Å². The second-order valence-electron chi connectivity index (χ2n) is 5.09. The topological polar surface area (TPSA) is 90.0 Å². The molecule has 2 heterocycles. The van der Waals surface area contributed by atoms with Crippen LogP contribution in [-0.2, 0) is 13.0 Å². The Morgan fingerprint density at radius 1 is 1.38 bits per heavy atom. The molecule has 110 valence electrons. The second-order valence-corrected chi connectivity index (χ2v) is 5.09. The third-order valence-electron chi connectivity index (χ3n) is 3.66. The first-order valence-electron chi connectivity index (χ1n) is 7.03. The van der Waals surface area contributed by atoms with Gasteiger partial charge in [0, 0.05) is 37.3 Å². The van der Waals surface area contributed by atoms with Crippen molar-refractivity contribution in [1.82, 2.24) is 20.8 Å². The second kappa shape index (κ2) is 6.07. The zero-order valence-corrected chi connectivity index (χ0v) is 11.6. The number of aliphatic hydroxyl groups excluding tert-OH is 1. The van der Waals surface area contributed by atoms with Gasteiger partial charge in [-0.05, 0) is 5.56 Å². The Hall–Kier alpha value is -2.18. The highest BCUT2D eigenvalue weighted by Gasteiger charge is 2.21. The molecule has 0 saturated carbocycles. The highest BCUT2D eigenvalue weighted by atomic mass is 16.3. The predicted molar refractivity (Wildman–Crippen MR) is 77.7 cm³/mol. The number of nitrogens with zero attached hydrogens (tertiary/aromatic N) is 1. The SMILES string of the molecule is O=C(NCC(O)c1ccccc1)c1n[nH]c2c1CNCC2. The van der Waals surface area contributed by atoms with Gasteiger partial charge in [0.2, 0.25) is 0 Å². The molecule has 1 unspecified atom stereocenters. The standard InChI is InChI=1S/C15H18N4O2/c20-13(10-4-2-1-3-5-10)9-17-15(21)14-11-8-16-7-6-12(11)18-19-14/h1-5,13,16,20H,6-9H2,(H,17,21)(H,18,19). The summed E-state index contributed by atoms with van der Waals surface area (Å²) < 4.78 is 0. The highest BCUT2D eigenvalue weighted by Crippen LogP contribution is 2.16. The third kappa shape index (κ3) is 2.96. The fourth-order valence-electron chi connectivity index (χ4n) is 2.48. The van der Waals surface area contributed by atoms with E-state index in [1.807, 2.05) is 30.3 Å². The Morgan fingerprint density at radius 2 is 2.19 bits per heavy atom. The minimum absolute atomic E-state index is 0.165. The Balaban J connectivity index is 1.63. The van der Waals surface area contributed by atoms with Crippen molar-refractivity contribution in [3.63, 3.8) is 0 Å². The van der Waals surface area contributed by atoms with E-state index >= 15 is 0 Å². The fraction of sp³-hybridized carbons (Fsp3) is 0.333. The maximum absolute atomic E-state index is 12.2. The van der Waals surface area contributed by atoms with Crippen LogP contribution in [0.4, 0.5) is 0 Å². The zero-order valence-electron chi connectivity index (χ0n) is 11.6. The molecule has 6 heteroatoms. The van der Waals surface area contributed by atoms with E-state index in [-0.39, 0.29) is 12.5 Å². The van der Waals surface area contributed by atoms with Gasteiger partial charge in [0.05, 0.1) is 6.10 Å². The Bertz CT molecular complexity index is 624. The van der Waals surface area contributed by atoms with Crippen molar-refractivity contribution in [2.24, 2.45) is 0 Å². The molecule has 1 aromatic carbocycles. The molecule has 0 aliphatic carbocycles. The number of aromatic nitrogens is 2. The molecule has 1 amide bonds.